The molecular formula is C14H16N2O5S. The highest BCUT2D eigenvalue weighted by Crippen LogP contribution is 2.47. The molecule has 0 radical (unpaired) electrons. The monoisotopic (exact) mass is 324 g/mol. The molecule has 0 saturated carbocycles. The number of thioether (sulfide) groups is 1. The van der Waals surface area contributed by atoms with Gasteiger partial charge in [-0.3, -0.25) is 14.5 Å². The standard InChI is InChI=1S/C14H16N2O5S/c1-6(5-17)11-9-4-10(22-8(3)15-7(2)18)12(14(20)21)16(9)13(11)19/h9,17H,3-5H2,1-2H3,(H,15,18)(H,20,21)/b11-6+. The van der Waals surface area contributed by atoms with Gasteiger partial charge in [0.25, 0.3) is 5.91 Å². The third-order valence-electron chi connectivity index (χ3n) is 3.44. The summed E-state index contributed by atoms with van der Waals surface area (Å²) in [7, 11) is 0. The number of β-lactam (4-membered cyclic amide) rings is 1. The zero-order valence-electron chi connectivity index (χ0n) is 12.2. The third-order valence-corrected chi connectivity index (χ3v) is 4.39. The Hall–Kier alpha value is -2.06. The molecule has 0 aromatic carbocycles. The van der Waals surface area contributed by atoms with Crippen molar-refractivity contribution >= 4 is 29.5 Å². The van der Waals surface area contributed by atoms with Gasteiger partial charge < -0.3 is 15.5 Å². The number of nitrogens with one attached hydrogen (secondary N) is 1. The molecule has 3 N–H and O–H groups in total. The number of carboxylic acid groups (broad SMARTS) is 1. The first-order chi connectivity index (χ1) is 10.3. The third kappa shape index (κ3) is 2.67. The number of carboxylic acids is 1. The minimum atomic E-state index is -1.20. The van der Waals surface area contributed by atoms with E-state index in [-0.39, 0.29) is 24.3 Å². The van der Waals surface area contributed by atoms with Crippen LogP contribution in [-0.4, -0.2) is 45.5 Å². The minimum absolute atomic E-state index is 0.0824. The summed E-state index contributed by atoms with van der Waals surface area (Å²) < 4.78 is 0. The maximum absolute atomic E-state index is 12.1. The van der Waals surface area contributed by atoms with E-state index in [9.17, 15) is 19.5 Å². The molecule has 2 aliphatic rings. The van der Waals surface area contributed by atoms with E-state index in [4.69, 9.17) is 5.11 Å². The van der Waals surface area contributed by atoms with Crippen molar-refractivity contribution in [1.29, 1.82) is 0 Å². The summed E-state index contributed by atoms with van der Waals surface area (Å²) in [5, 5.41) is 21.3. The van der Waals surface area contributed by atoms with Crippen LogP contribution in [-0.2, 0) is 14.4 Å². The number of aliphatic carboxylic acids is 1. The molecule has 2 heterocycles. The van der Waals surface area contributed by atoms with Gasteiger partial charge in [0.15, 0.2) is 0 Å². The second-order valence-electron chi connectivity index (χ2n) is 5.03. The Morgan fingerprint density at radius 3 is 2.59 bits per heavy atom. The van der Waals surface area contributed by atoms with Gasteiger partial charge in [0.05, 0.1) is 17.7 Å². The first kappa shape index (κ1) is 16.3. The van der Waals surface area contributed by atoms with E-state index >= 15 is 0 Å². The van der Waals surface area contributed by atoms with E-state index < -0.39 is 11.9 Å². The van der Waals surface area contributed by atoms with Crippen molar-refractivity contribution in [2.45, 2.75) is 26.3 Å². The summed E-state index contributed by atoms with van der Waals surface area (Å²) >= 11 is 1.04. The number of aliphatic hydroxyl groups is 1. The summed E-state index contributed by atoms with van der Waals surface area (Å²) in [6, 6.07) is -0.363. The van der Waals surface area contributed by atoms with Crippen LogP contribution in [0.25, 0.3) is 0 Å². The van der Waals surface area contributed by atoms with Gasteiger partial charge in [-0.25, -0.2) is 4.79 Å². The molecule has 2 amide bonds. The molecule has 1 fully saturated rings. The Kier molecular flexibility index (Phi) is 4.43. The molecule has 118 valence electrons. The molecule has 0 spiro atoms. The normalized spacial score (nSPS) is 22.2. The van der Waals surface area contributed by atoms with Gasteiger partial charge >= 0.3 is 5.97 Å². The lowest BCUT2D eigenvalue weighted by Crippen LogP contribution is -2.53. The van der Waals surface area contributed by atoms with Gasteiger partial charge in [-0.15, -0.1) is 0 Å². The van der Waals surface area contributed by atoms with Gasteiger partial charge in [-0.05, 0) is 12.5 Å². The molecule has 0 aromatic rings. The summed E-state index contributed by atoms with van der Waals surface area (Å²) in [5.41, 5.74) is 0.922. The van der Waals surface area contributed by atoms with Gasteiger partial charge in [-0.1, -0.05) is 18.3 Å². The van der Waals surface area contributed by atoms with Crippen molar-refractivity contribution < 1.29 is 24.6 Å². The zero-order valence-corrected chi connectivity index (χ0v) is 13.0. The number of rotatable bonds is 5. The van der Waals surface area contributed by atoms with E-state index in [0.717, 1.165) is 11.8 Å². The molecule has 1 saturated heterocycles. The van der Waals surface area contributed by atoms with Crippen LogP contribution >= 0.6 is 11.8 Å². The van der Waals surface area contributed by atoms with Gasteiger partial charge in [-0.2, -0.15) is 0 Å². The molecule has 0 aromatic heterocycles. The Balaban J connectivity index is 2.28. The highest BCUT2D eigenvalue weighted by atomic mass is 32.2. The first-order valence-electron chi connectivity index (χ1n) is 6.52. The number of aliphatic hydroxyl groups excluding tert-OH is 1. The Bertz CT molecular complexity index is 650. The smallest absolute Gasteiger partial charge is 0.353 e. The predicted octanol–water partition coefficient (Wildman–Crippen LogP) is 0.546. The highest BCUT2D eigenvalue weighted by molar-refractivity contribution is 8.06. The molecule has 1 unspecified atom stereocenters. The van der Waals surface area contributed by atoms with Crippen molar-refractivity contribution in [2.75, 3.05) is 6.61 Å². The molecule has 1 atom stereocenters. The Labute approximate surface area is 131 Å². The Morgan fingerprint density at radius 2 is 2.09 bits per heavy atom. The fourth-order valence-electron chi connectivity index (χ4n) is 2.57. The van der Waals surface area contributed by atoms with Gasteiger partial charge in [0, 0.05) is 23.8 Å². The van der Waals surface area contributed by atoms with Crippen LogP contribution < -0.4 is 5.32 Å². The first-order valence-corrected chi connectivity index (χ1v) is 7.34. The van der Waals surface area contributed by atoms with E-state index in [1.54, 1.807) is 6.92 Å². The lowest BCUT2D eigenvalue weighted by Gasteiger charge is -2.39. The fourth-order valence-corrected chi connectivity index (χ4v) is 3.58. The number of amides is 2. The molecule has 8 heteroatoms. The molecule has 2 rings (SSSR count). The van der Waals surface area contributed by atoms with Crippen molar-refractivity contribution in [3.63, 3.8) is 0 Å². The summed E-state index contributed by atoms with van der Waals surface area (Å²) in [4.78, 5) is 36.3. The van der Waals surface area contributed by atoms with Crippen molar-refractivity contribution in [3.05, 3.63) is 33.4 Å². The number of carbonyl (C=O) groups excluding carboxylic acids is 2. The second kappa shape index (κ2) is 5.98. The summed E-state index contributed by atoms with van der Waals surface area (Å²) in [6.45, 7) is 6.39. The van der Waals surface area contributed by atoms with Gasteiger partial charge in [0.1, 0.15) is 5.70 Å². The number of fused-ring (bicyclic) bond motifs is 1. The topological polar surface area (TPSA) is 107 Å². The molecule has 2 aliphatic heterocycles. The number of nitrogens with zero attached hydrogens (tertiary/aromatic N) is 1. The minimum Gasteiger partial charge on any atom is -0.477 e. The van der Waals surface area contributed by atoms with E-state index in [2.05, 4.69) is 11.9 Å². The van der Waals surface area contributed by atoms with E-state index in [1.807, 2.05) is 0 Å². The fraction of sp³-hybridized carbons (Fsp3) is 0.357. The largest absolute Gasteiger partial charge is 0.477 e. The predicted molar refractivity (Wildman–Crippen MR) is 80.2 cm³/mol. The maximum atomic E-state index is 12.1. The average Bonchev–Trinajstić information content (AvgIpc) is 2.72. The summed E-state index contributed by atoms with van der Waals surface area (Å²) in [5.74, 6) is -1.89. The molecular weight excluding hydrogens is 308 g/mol. The number of hydrogen-bond donors (Lipinski definition) is 3. The maximum Gasteiger partial charge on any atom is 0.353 e. The van der Waals surface area contributed by atoms with Crippen molar-refractivity contribution in [1.82, 2.24) is 10.2 Å². The van der Waals surface area contributed by atoms with E-state index in [1.165, 1.54) is 11.8 Å². The lowest BCUT2D eigenvalue weighted by atomic mass is 9.90. The second-order valence-corrected chi connectivity index (χ2v) is 6.22. The average molecular weight is 324 g/mol. The van der Waals surface area contributed by atoms with Crippen LogP contribution in [0.2, 0.25) is 0 Å². The van der Waals surface area contributed by atoms with Crippen LogP contribution in [0.3, 0.4) is 0 Å². The van der Waals surface area contributed by atoms with Crippen LogP contribution in [0.1, 0.15) is 20.3 Å². The molecule has 7 nitrogen and oxygen atoms in total. The van der Waals surface area contributed by atoms with Crippen LogP contribution in [0, 0.1) is 0 Å². The van der Waals surface area contributed by atoms with Crippen molar-refractivity contribution in [3.8, 4) is 0 Å². The van der Waals surface area contributed by atoms with E-state index in [0.29, 0.717) is 27.5 Å². The highest BCUT2D eigenvalue weighted by Gasteiger charge is 2.52. The number of carbonyl (C=O) groups is 3. The number of hydrogen-bond acceptors (Lipinski definition) is 5. The van der Waals surface area contributed by atoms with Crippen molar-refractivity contribution in [2.24, 2.45) is 0 Å². The van der Waals surface area contributed by atoms with Crippen LogP contribution in [0.15, 0.2) is 33.4 Å². The SMILES string of the molecule is C=C(NC(C)=O)SC1=C(C(=O)O)N2C(=O)/C(=C(\C)CO)C2C1. The van der Waals surface area contributed by atoms with Gasteiger partial charge in [0.2, 0.25) is 5.91 Å². The summed E-state index contributed by atoms with van der Waals surface area (Å²) in [6.07, 6.45) is 0.337. The van der Waals surface area contributed by atoms with Crippen LogP contribution in [0.4, 0.5) is 0 Å². The molecule has 22 heavy (non-hydrogen) atoms. The Morgan fingerprint density at radius 1 is 1.45 bits per heavy atom. The molecule has 0 aliphatic carbocycles. The van der Waals surface area contributed by atoms with Crippen LogP contribution in [0.5, 0.6) is 0 Å². The molecule has 0 bridgehead atoms. The zero-order chi connectivity index (χ0) is 16.6. The lowest BCUT2D eigenvalue weighted by molar-refractivity contribution is -0.142. The quantitative estimate of drug-likeness (QED) is 0.503.